The third kappa shape index (κ3) is 5.50. The van der Waals surface area contributed by atoms with Crippen LogP contribution in [0, 0.1) is 18.8 Å². The second kappa shape index (κ2) is 8.02. The Kier molecular flexibility index (Phi) is 6.34. The minimum Gasteiger partial charge on any atom is -0.491 e. The summed E-state index contributed by atoms with van der Waals surface area (Å²) in [5, 5.41) is 14.0. The summed E-state index contributed by atoms with van der Waals surface area (Å²) < 4.78 is 5.59. The SMILES string of the molecule is Cc1cc(OCC(O)CNCC2CCC(C)C2)ccc1Cl. The molecule has 118 valence electrons. The number of aryl methyl sites for hydroxylation is 1. The Morgan fingerprint density at radius 3 is 2.90 bits per heavy atom. The van der Waals surface area contributed by atoms with Crippen molar-refractivity contribution in [2.75, 3.05) is 19.7 Å². The van der Waals surface area contributed by atoms with Crippen LogP contribution in [-0.4, -0.2) is 30.9 Å². The van der Waals surface area contributed by atoms with Gasteiger partial charge in [-0.2, -0.15) is 0 Å². The van der Waals surface area contributed by atoms with Gasteiger partial charge in [0.1, 0.15) is 18.5 Å². The van der Waals surface area contributed by atoms with Gasteiger partial charge in [0.05, 0.1) is 0 Å². The van der Waals surface area contributed by atoms with Gasteiger partial charge >= 0.3 is 0 Å². The zero-order valence-electron chi connectivity index (χ0n) is 12.9. The van der Waals surface area contributed by atoms with E-state index < -0.39 is 6.10 Å². The standard InChI is InChI=1S/C17H26ClNO2/c1-12-3-4-14(7-12)9-19-10-15(20)11-21-16-5-6-17(18)13(2)8-16/h5-6,8,12,14-15,19-20H,3-4,7,9-11H2,1-2H3. The maximum atomic E-state index is 9.95. The van der Waals surface area contributed by atoms with Crippen molar-refractivity contribution < 1.29 is 9.84 Å². The Bertz CT molecular complexity index is 452. The average Bonchev–Trinajstić information content (AvgIpc) is 2.86. The van der Waals surface area contributed by atoms with Crippen LogP contribution in [0.15, 0.2) is 18.2 Å². The van der Waals surface area contributed by atoms with E-state index in [-0.39, 0.29) is 0 Å². The van der Waals surface area contributed by atoms with Gasteiger partial charge in [-0.25, -0.2) is 0 Å². The fourth-order valence-electron chi connectivity index (χ4n) is 2.92. The molecular weight excluding hydrogens is 286 g/mol. The van der Waals surface area contributed by atoms with Gasteiger partial charge in [0.15, 0.2) is 0 Å². The molecule has 3 atom stereocenters. The Morgan fingerprint density at radius 2 is 2.24 bits per heavy atom. The van der Waals surface area contributed by atoms with Gasteiger partial charge in [-0.3, -0.25) is 0 Å². The van der Waals surface area contributed by atoms with Crippen LogP contribution in [0.4, 0.5) is 0 Å². The molecule has 0 amide bonds. The summed E-state index contributed by atoms with van der Waals surface area (Å²) in [6.07, 6.45) is 3.47. The lowest BCUT2D eigenvalue weighted by molar-refractivity contribution is 0.105. The van der Waals surface area contributed by atoms with Crippen molar-refractivity contribution in [1.82, 2.24) is 5.32 Å². The monoisotopic (exact) mass is 311 g/mol. The van der Waals surface area contributed by atoms with Crippen LogP contribution in [0.25, 0.3) is 0 Å². The molecule has 0 saturated heterocycles. The highest BCUT2D eigenvalue weighted by Crippen LogP contribution is 2.29. The molecule has 2 N–H and O–H groups in total. The van der Waals surface area contributed by atoms with Crippen molar-refractivity contribution in [3.05, 3.63) is 28.8 Å². The molecule has 0 heterocycles. The average molecular weight is 312 g/mol. The van der Waals surface area contributed by atoms with E-state index in [2.05, 4.69) is 12.2 Å². The maximum absolute atomic E-state index is 9.95. The van der Waals surface area contributed by atoms with Crippen LogP contribution in [0.1, 0.15) is 31.7 Å². The first kappa shape index (κ1) is 16.6. The van der Waals surface area contributed by atoms with Crippen LogP contribution in [0.5, 0.6) is 5.75 Å². The summed E-state index contributed by atoms with van der Waals surface area (Å²) in [5.41, 5.74) is 0.983. The molecule has 3 unspecified atom stereocenters. The molecular formula is C17H26ClNO2. The summed E-state index contributed by atoms with van der Waals surface area (Å²) in [7, 11) is 0. The summed E-state index contributed by atoms with van der Waals surface area (Å²) in [5.74, 6) is 2.38. The first-order chi connectivity index (χ1) is 10.0. The van der Waals surface area contributed by atoms with Crippen LogP contribution in [0.3, 0.4) is 0 Å². The van der Waals surface area contributed by atoms with Gasteiger partial charge < -0.3 is 15.2 Å². The number of aliphatic hydroxyl groups is 1. The van der Waals surface area contributed by atoms with E-state index in [9.17, 15) is 5.11 Å². The summed E-state index contributed by atoms with van der Waals surface area (Å²) in [6, 6.07) is 5.54. The maximum Gasteiger partial charge on any atom is 0.119 e. The van der Waals surface area contributed by atoms with Gasteiger partial charge in [-0.05, 0) is 61.9 Å². The first-order valence-corrected chi connectivity index (χ1v) is 8.20. The Balaban J connectivity index is 1.63. The molecule has 4 heteroatoms. The fourth-order valence-corrected chi connectivity index (χ4v) is 3.04. The second-order valence-electron chi connectivity index (χ2n) is 6.32. The van der Waals surface area contributed by atoms with Crippen LogP contribution in [0.2, 0.25) is 5.02 Å². The summed E-state index contributed by atoms with van der Waals surface area (Å²) >= 11 is 5.97. The molecule has 1 aromatic rings. The van der Waals surface area contributed by atoms with Crippen molar-refractivity contribution in [3.8, 4) is 5.75 Å². The lowest BCUT2D eigenvalue weighted by Gasteiger charge is -2.16. The number of rotatable bonds is 7. The molecule has 1 fully saturated rings. The van der Waals surface area contributed by atoms with Gasteiger partial charge in [0, 0.05) is 11.6 Å². The van der Waals surface area contributed by atoms with Gasteiger partial charge in [-0.1, -0.05) is 24.9 Å². The molecule has 0 radical (unpaired) electrons. The van der Waals surface area contributed by atoms with Crippen molar-refractivity contribution in [1.29, 1.82) is 0 Å². The topological polar surface area (TPSA) is 41.5 Å². The molecule has 0 aromatic heterocycles. The van der Waals surface area contributed by atoms with Crippen molar-refractivity contribution in [2.24, 2.45) is 11.8 Å². The normalized spacial score (nSPS) is 23.2. The fraction of sp³-hybridized carbons (Fsp3) is 0.647. The van der Waals surface area contributed by atoms with E-state index in [1.54, 1.807) is 0 Å². The number of nitrogens with one attached hydrogen (secondary N) is 1. The highest BCUT2D eigenvalue weighted by molar-refractivity contribution is 6.31. The number of hydrogen-bond acceptors (Lipinski definition) is 3. The minimum atomic E-state index is -0.486. The Hall–Kier alpha value is -0.770. The van der Waals surface area contributed by atoms with Crippen LogP contribution in [-0.2, 0) is 0 Å². The predicted molar refractivity (Wildman–Crippen MR) is 87.1 cm³/mol. The van der Waals surface area contributed by atoms with Gasteiger partial charge in [0.2, 0.25) is 0 Å². The number of ether oxygens (including phenoxy) is 1. The molecule has 0 aliphatic heterocycles. The molecule has 1 saturated carbocycles. The third-order valence-corrected chi connectivity index (χ3v) is 4.61. The molecule has 1 aliphatic rings. The molecule has 2 rings (SSSR count). The predicted octanol–water partition coefficient (Wildman–Crippen LogP) is 3.41. The highest BCUT2D eigenvalue weighted by atomic mass is 35.5. The number of benzene rings is 1. The Morgan fingerprint density at radius 1 is 1.43 bits per heavy atom. The summed E-state index contributed by atoms with van der Waals surface area (Å²) in [6.45, 7) is 6.14. The van der Waals surface area contributed by atoms with Gasteiger partial charge in [-0.15, -0.1) is 0 Å². The van der Waals surface area contributed by atoms with E-state index in [4.69, 9.17) is 16.3 Å². The largest absolute Gasteiger partial charge is 0.491 e. The van der Waals surface area contributed by atoms with E-state index >= 15 is 0 Å². The molecule has 21 heavy (non-hydrogen) atoms. The molecule has 0 bridgehead atoms. The van der Waals surface area contributed by atoms with E-state index in [0.717, 1.165) is 34.7 Å². The highest BCUT2D eigenvalue weighted by Gasteiger charge is 2.20. The molecule has 1 aliphatic carbocycles. The lowest BCUT2D eigenvalue weighted by atomic mass is 10.1. The molecule has 0 spiro atoms. The Labute approximate surface area is 132 Å². The van der Waals surface area contributed by atoms with Crippen molar-refractivity contribution in [3.63, 3.8) is 0 Å². The van der Waals surface area contributed by atoms with E-state index in [0.29, 0.717) is 13.2 Å². The number of halogens is 1. The lowest BCUT2D eigenvalue weighted by Crippen LogP contribution is -2.33. The number of hydrogen-bond donors (Lipinski definition) is 2. The minimum absolute atomic E-state index is 0.301. The van der Waals surface area contributed by atoms with Gasteiger partial charge in [0.25, 0.3) is 0 Å². The smallest absolute Gasteiger partial charge is 0.119 e. The first-order valence-electron chi connectivity index (χ1n) is 7.82. The third-order valence-electron chi connectivity index (χ3n) is 4.19. The van der Waals surface area contributed by atoms with Crippen LogP contribution >= 0.6 is 11.6 Å². The molecule has 3 nitrogen and oxygen atoms in total. The second-order valence-corrected chi connectivity index (χ2v) is 6.73. The zero-order valence-corrected chi connectivity index (χ0v) is 13.7. The van der Waals surface area contributed by atoms with Crippen LogP contribution < -0.4 is 10.1 Å². The summed E-state index contributed by atoms with van der Waals surface area (Å²) in [4.78, 5) is 0. The van der Waals surface area contributed by atoms with Crippen molar-refractivity contribution >= 4 is 11.6 Å². The van der Waals surface area contributed by atoms with E-state index in [1.807, 2.05) is 25.1 Å². The number of aliphatic hydroxyl groups excluding tert-OH is 1. The zero-order chi connectivity index (χ0) is 15.2. The quantitative estimate of drug-likeness (QED) is 0.811. The van der Waals surface area contributed by atoms with Crippen molar-refractivity contribution in [2.45, 2.75) is 39.2 Å². The molecule has 1 aromatic carbocycles. The van der Waals surface area contributed by atoms with E-state index in [1.165, 1.54) is 19.3 Å².